The first-order valence-electron chi connectivity index (χ1n) is 9.56. The molecule has 9 heteroatoms. The molecule has 1 aliphatic rings. The fourth-order valence-electron chi connectivity index (χ4n) is 3.62. The van der Waals surface area contributed by atoms with E-state index in [1.165, 1.54) is 11.0 Å². The Kier molecular flexibility index (Phi) is 5.50. The molecule has 1 atom stereocenters. The van der Waals surface area contributed by atoms with Crippen LogP contribution in [0, 0.1) is 11.3 Å². The lowest BCUT2D eigenvalue weighted by atomic mass is 10.2. The zero-order valence-electron chi connectivity index (χ0n) is 16.1. The van der Waals surface area contributed by atoms with Crippen LogP contribution in [0.2, 0.25) is 0 Å². The van der Waals surface area contributed by atoms with Gasteiger partial charge in [0.1, 0.15) is 9.90 Å². The van der Waals surface area contributed by atoms with E-state index in [1.807, 2.05) is 24.3 Å². The molecule has 3 heterocycles. The van der Waals surface area contributed by atoms with Crippen molar-refractivity contribution in [2.24, 2.45) is 0 Å². The van der Waals surface area contributed by atoms with Crippen molar-refractivity contribution in [1.82, 2.24) is 9.97 Å². The highest BCUT2D eigenvalue weighted by Crippen LogP contribution is 2.35. The zero-order chi connectivity index (χ0) is 20.4. The van der Waals surface area contributed by atoms with Gasteiger partial charge in [0, 0.05) is 0 Å². The molecule has 29 heavy (non-hydrogen) atoms. The Bertz CT molecular complexity index is 1150. The molecular weight excluding hydrogens is 406 g/mol. The van der Waals surface area contributed by atoms with Gasteiger partial charge in [-0.1, -0.05) is 18.2 Å². The Morgan fingerprint density at radius 1 is 1.17 bits per heavy atom. The quantitative estimate of drug-likeness (QED) is 0.662. The van der Waals surface area contributed by atoms with E-state index in [0.717, 1.165) is 44.1 Å². The summed E-state index contributed by atoms with van der Waals surface area (Å²) in [5.41, 5.74) is 1.51. The average Bonchev–Trinajstić information content (AvgIpc) is 3.30. The van der Waals surface area contributed by atoms with Gasteiger partial charge in [0.25, 0.3) is 0 Å². The summed E-state index contributed by atoms with van der Waals surface area (Å²) < 4.78 is 26.6. The molecule has 0 amide bonds. The lowest BCUT2D eigenvalue weighted by Crippen LogP contribution is -3.14. The Hall–Kier alpha value is -2.54. The minimum Gasteiger partial charge on any atom is -0.344 e. The van der Waals surface area contributed by atoms with Gasteiger partial charge in [-0.05, 0) is 30.5 Å². The summed E-state index contributed by atoms with van der Waals surface area (Å²) in [5.74, 6) is 0.505. The van der Waals surface area contributed by atoms with E-state index in [-0.39, 0.29) is 9.90 Å². The molecule has 1 aliphatic heterocycles. The Balaban J connectivity index is 1.85. The largest absolute Gasteiger partial charge is 0.344 e. The molecule has 1 N–H and O–H groups in total. The molecule has 1 saturated heterocycles. The first-order chi connectivity index (χ1) is 14.0. The minimum absolute atomic E-state index is 0.171. The summed E-state index contributed by atoms with van der Waals surface area (Å²) in [4.78, 5) is 13.0. The summed E-state index contributed by atoms with van der Waals surface area (Å²) in [6.45, 7) is 6.60. The third kappa shape index (κ3) is 3.71. The van der Waals surface area contributed by atoms with Gasteiger partial charge >= 0.3 is 0 Å². The van der Waals surface area contributed by atoms with Crippen LogP contribution in [0.4, 0.5) is 5.82 Å². The molecule has 1 fully saturated rings. The number of aromatic nitrogens is 2. The normalized spacial score (nSPS) is 16.6. The summed E-state index contributed by atoms with van der Waals surface area (Å²) in [7, 11) is -3.88. The number of anilines is 1. The number of rotatable bonds is 5. The fourth-order valence-corrected chi connectivity index (χ4v) is 6.15. The van der Waals surface area contributed by atoms with Gasteiger partial charge in [-0.2, -0.15) is 5.26 Å². The topological polar surface area (TPSA) is 91.4 Å². The summed E-state index contributed by atoms with van der Waals surface area (Å²) >= 11 is 1.11. The number of nitrogens with zero attached hydrogens (tertiary/aromatic N) is 4. The molecule has 0 spiro atoms. The number of thiophene rings is 1. The Labute approximate surface area is 174 Å². The minimum atomic E-state index is -3.88. The van der Waals surface area contributed by atoms with Gasteiger partial charge in [0.2, 0.25) is 9.84 Å². The van der Waals surface area contributed by atoms with Crippen LogP contribution in [0.3, 0.4) is 0 Å². The second-order valence-corrected chi connectivity index (χ2v) is 10.2. The number of piperazine rings is 1. The molecule has 0 unspecified atom stereocenters. The molecule has 7 nitrogen and oxygen atoms in total. The second-order valence-electron chi connectivity index (χ2n) is 7.00. The maximum Gasteiger partial charge on any atom is 0.209 e. The van der Waals surface area contributed by atoms with Crippen LogP contribution in [0.1, 0.15) is 17.9 Å². The van der Waals surface area contributed by atoms with E-state index < -0.39 is 15.1 Å². The molecule has 0 bridgehead atoms. The number of quaternary nitrogens is 1. The molecule has 4 rings (SSSR count). The van der Waals surface area contributed by atoms with E-state index in [4.69, 9.17) is 4.98 Å². The van der Waals surface area contributed by atoms with Crippen molar-refractivity contribution in [1.29, 1.82) is 5.26 Å². The van der Waals surface area contributed by atoms with Crippen molar-refractivity contribution >= 4 is 38.0 Å². The van der Waals surface area contributed by atoms with E-state index in [1.54, 1.807) is 17.5 Å². The van der Waals surface area contributed by atoms with Crippen molar-refractivity contribution in [3.63, 3.8) is 0 Å². The number of nitrogens with one attached hydrogen (secondary N) is 1. The van der Waals surface area contributed by atoms with Gasteiger partial charge in [0.05, 0.1) is 49.8 Å². The van der Waals surface area contributed by atoms with Crippen molar-refractivity contribution in [3.8, 4) is 6.07 Å². The molecule has 1 aromatic carbocycles. The molecule has 2 aromatic heterocycles. The van der Waals surface area contributed by atoms with Gasteiger partial charge < -0.3 is 9.80 Å². The number of sulfone groups is 1. The highest BCUT2D eigenvalue weighted by atomic mass is 32.2. The summed E-state index contributed by atoms with van der Waals surface area (Å²) in [6, 6.07) is 12.6. The number of fused-ring (bicyclic) bond motifs is 1. The van der Waals surface area contributed by atoms with Gasteiger partial charge in [-0.25, -0.2) is 18.4 Å². The zero-order valence-corrected chi connectivity index (χ0v) is 17.7. The third-order valence-corrected chi connectivity index (χ3v) is 8.59. The van der Waals surface area contributed by atoms with Crippen molar-refractivity contribution in [2.75, 3.05) is 37.6 Å². The predicted molar refractivity (Wildman–Crippen MR) is 113 cm³/mol. The Morgan fingerprint density at radius 3 is 2.45 bits per heavy atom. The molecule has 150 valence electrons. The molecule has 0 radical (unpaired) electrons. The van der Waals surface area contributed by atoms with Crippen LogP contribution in [0.15, 0.2) is 46.0 Å². The van der Waals surface area contributed by atoms with E-state index in [0.29, 0.717) is 16.9 Å². The first kappa shape index (κ1) is 19.8. The van der Waals surface area contributed by atoms with E-state index in [2.05, 4.69) is 16.8 Å². The van der Waals surface area contributed by atoms with Crippen molar-refractivity contribution in [2.45, 2.75) is 16.4 Å². The van der Waals surface area contributed by atoms with Crippen molar-refractivity contribution < 1.29 is 13.3 Å². The van der Waals surface area contributed by atoms with Gasteiger partial charge in [-0.15, -0.1) is 11.3 Å². The molecule has 0 aliphatic carbocycles. The van der Waals surface area contributed by atoms with Crippen LogP contribution in [0.25, 0.3) is 11.0 Å². The number of nitriles is 1. The highest BCUT2D eigenvalue weighted by Gasteiger charge is 2.36. The van der Waals surface area contributed by atoms with Crippen LogP contribution in [-0.4, -0.2) is 51.1 Å². The fraction of sp³-hybridized carbons (Fsp3) is 0.350. The molecule has 0 saturated carbocycles. The molecular formula is C20H22N5O2S2+. The predicted octanol–water partition coefficient (Wildman–Crippen LogP) is 1.45. The van der Waals surface area contributed by atoms with Crippen LogP contribution < -0.4 is 9.80 Å². The average molecular weight is 429 g/mol. The monoisotopic (exact) mass is 428 g/mol. The van der Waals surface area contributed by atoms with Crippen LogP contribution >= 0.6 is 11.3 Å². The van der Waals surface area contributed by atoms with Crippen LogP contribution in [-0.2, 0) is 9.84 Å². The number of para-hydroxylation sites is 2. The number of hydrogen-bond donors (Lipinski definition) is 1. The number of hydrogen-bond acceptors (Lipinski definition) is 7. The summed E-state index contributed by atoms with van der Waals surface area (Å²) in [5, 5.41) is 10.2. The molecule has 3 aromatic rings. The summed E-state index contributed by atoms with van der Waals surface area (Å²) in [6.07, 6.45) is 0. The maximum absolute atomic E-state index is 13.2. The number of likely N-dealkylation sites (N-methyl/N-ethyl adjacent to an activating group) is 1. The Morgan fingerprint density at radius 2 is 1.86 bits per heavy atom. The van der Waals surface area contributed by atoms with Gasteiger partial charge in [-0.3, -0.25) is 0 Å². The van der Waals surface area contributed by atoms with E-state index >= 15 is 0 Å². The second kappa shape index (κ2) is 8.06. The van der Waals surface area contributed by atoms with Gasteiger partial charge in [0.15, 0.2) is 11.1 Å². The lowest BCUT2D eigenvalue weighted by molar-refractivity contribution is -0.898. The first-order valence-corrected chi connectivity index (χ1v) is 12.0. The number of benzene rings is 1. The third-order valence-electron chi connectivity index (χ3n) is 5.30. The van der Waals surface area contributed by atoms with E-state index in [9.17, 15) is 13.7 Å². The maximum atomic E-state index is 13.2. The smallest absolute Gasteiger partial charge is 0.209 e. The SMILES string of the molecule is CC[NH+]1CCN(c2nc3ccccc3nc2[C@H](C#N)S(=O)(=O)c2cccs2)CC1. The standard InChI is InChI=1S/C20H21N5O2S2/c1-2-24-9-11-25(12-10-24)20-19(22-15-6-3-4-7-16(15)23-20)17(14-21)29(26,27)18-8-5-13-28-18/h3-8,13,17H,2,9-12H2,1H3/p+1/t17-/m0/s1. The van der Waals surface area contributed by atoms with Crippen molar-refractivity contribution in [3.05, 3.63) is 47.5 Å². The lowest BCUT2D eigenvalue weighted by Gasteiger charge is -2.33. The highest BCUT2D eigenvalue weighted by molar-refractivity contribution is 7.93. The van der Waals surface area contributed by atoms with Crippen LogP contribution in [0.5, 0.6) is 0 Å².